The first kappa shape index (κ1) is 14.2. The molecule has 0 spiro atoms. The Morgan fingerprint density at radius 3 is 2.61 bits per heavy atom. The van der Waals surface area contributed by atoms with Crippen molar-refractivity contribution in [1.29, 1.82) is 0 Å². The van der Waals surface area contributed by atoms with Crippen LogP contribution in [0.25, 0.3) is 0 Å². The number of hydrogen-bond acceptors (Lipinski definition) is 5. The number of rotatable bonds is 5. The Balaban J connectivity index is 3.21. The quantitative estimate of drug-likeness (QED) is 0.663. The Labute approximate surface area is 104 Å². The zero-order valence-corrected chi connectivity index (χ0v) is 10.6. The molecule has 1 heterocycles. The summed E-state index contributed by atoms with van der Waals surface area (Å²) in [4.78, 5) is 35.0. The van der Waals surface area contributed by atoms with Crippen LogP contribution >= 0.6 is 0 Å². The van der Waals surface area contributed by atoms with Gasteiger partial charge in [0, 0.05) is 18.9 Å². The van der Waals surface area contributed by atoms with E-state index in [1.165, 1.54) is 17.9 Å². The molecular formula is C11H16N2O5. The number of methoxy groups -OCH3 is 1. The minimum atomic E-state index is -0.619. The summed E-state index contributed by atoms with van der Waals surface area (Å²) in [7, 11) is 1.43. The molecule has 0 N–H and O–H groups in total. The van der Waals surface area contributed by atoms with Crippen LogP contribution < -0.4 is 11.2 Å². The first-order valence-electron chi connectivity index (χ1n) is 5.46. The summed E-state index contributed by atoms with van der Waals surface area (Å²) in [6.07, 6.45) is 1.40. The fraction of sp³-hybridized carbons (Fsp3) is 0.545. The van der Waals surface area contributed by atoms with Gasteiger partial charge in [-0.25, -0.2) is 9.36 Å². The van der Waals surface area contributed by atoms with Crippen LogP contribution in [0.4, 0.5) is 0 Å². The number of carbonyl (C=O) groups is 1. The van der Waals surface area contributed by atoms with Gasteiger partial charge in [0.25, 0.3) is 5.56 Å². The van der Waals surface area contributed by atoms with Crippen LogP contribution in [-0.2, 0) is 27.5 Å². The fourth-order valence-electron chi connectivity index (χ4n) is 1.51. The third-order valence-electron chi connectivity index (χ3n) is 2.27. The molecule has 1 rings (SSSR count). The van der Waals surface area contributed by atoms with Crippen LogP contribution in [0.2, 0.25) is 0 Å². The number of aryl methyl sites for hydroxylation is 1. The Hall–Kier alpha value is -1.89. The van der Waals surface area contributed by atoms with Crippen molar-refractivity contribution in [1.82, 2.24) is 9.13 Å². The van der Waals surface area contributed by atoms with Gasteiger partial charge in [0.2, 0.25) is 0 Å². The lowest BCUT2D eigenvalue weighted by Crippen LogP contribution is -2.42. The number of ether oxygens (including phenoxy) is 2. The van der Waals surface area contributed by atoms with Crippen LogP contribution in [0.5, 0.6) is 0 Å². The van der Waals surface area contributed by atoms with E-state index in [1.807, 2.05) is 0 Å². The number of hydrogen-bond donors (Lipinski definition) is 0. The highest BCUT2D eigenvalue weighted by Gasteiger charge is 2.12. The van der Waals surface area contributed by atoms with Crippen LogP contribution in [-0.4, -0.2) is 28.8 Å². The summed E-state index contributed by atoms with van der Waals surface area (Å²) < 4.78 is 11.6. The van der Waals surface area contributed by atoms with Crippen molar-refractivity contribution >= 4 is 5.97 Å². The maximum absolute atomic E-state index is 11.9. The van der Waals surface area contributed by atoms with Crippen molar-refractivity contribution in [2.45, 2.75) is 27.1 Å². The van der Waals surface area contributed by atoms with E-state index in [-0.39, 0.29) is 13.3 Å². The number of esters is 1. The van der Waals surface area contributed by atoms with Crippen LogP contribution in [0.1, 0.15) is 12.5 Å². The van der Waals surface area contributed by atoms with Gasteiger partial charge in [0.05, 0.1) is 6.61 Å². The van der Waals surface area contributed by atoms with Crippen molar-refractivity contribution < 1.29 is 14.3 Å². The van der Waals surface area contributed by atoms with Crippen LogP contribution in [0, 0.1) is 6.92 Å². The Morgan fingerprint density at radius 1 is 1.39 bits per heavy atom. The minimum absolute atomic E-state index is 0.0166. The summed E-state index contributed by atoms with van der Waals surface area (Å²) in [6.45, 7) is 3.04. The Kier molecular flexibility index (Phi) is 4.85. The zero-order valence-electron chi connectivity index (χ0n) is 10.6. The Morgan fingerprint density at radius 2 is 2.06 bits per heavy atom. The Bertz CT molecular complexity index is 543. The predicted molar refractivity (Wildman–Crippen MR) is 63.3 cm³/mol. The molecule has 1 aromatic heterocycles. The zero-order chi connectivity index (χ0) is 13.7. The molecule has 0 fully saturated rings. The highest BCUT2D eigenvalue weighted by Crippen LogP contribution is 1.89. The summed E-state index contributed by atoms with van der Waals surface area (Å²) in [5.74, 6) is -0.619. The van der Waals surface area contributed by atoms with Gasteiger partial charge in [0.15, 0.2) is 0 Å². The molecule has 0 bridgehead atoms. The van der Waals surface area contributed by atoms with E-state index in [0.717, 1.165) is 4.57 Å². The molecule has 0 saturated heterocycles. The van der Waals surface area contributed by atoms with Crippen molar-refractivity contribution in [3.05, 3.63) is 32.6 Å². The summed E-state index contributed by atoms with van der Waals surface area (Å²) >= 11 is 0. The van der Waals surface area contributed by atoms with E-state index in [4.69, 9.17) is 9.47 Å². The van der Waals surface area contributed by atoms with E-state index < -0.39 is 23.8 Å². The van der Waals surface area contributed by atoms with E-state index >= 15 is 0 Å². The molecule has 0 aliphatic heterocycles. The maximum atomic E-state index is 11.9. The van der Waals surface area contributed by atoms with Crippen molar-refractivity contribution in [2.75, 3.05) is 13.7 Å². The van der Waals surface area contributed by atoms with Crippen molar-refractivity contribution in [3.63, 3.8) is 0 Å². The molecule has 7 heteroatoms. The fourth-order valence-corrected chi connectivity index (χ4v) is 1.51. The first-order valence-corrected chi connectivity index (χ1v) is 5.46. The molecule has 1 aromatic rings. The van der Waals surface area contributed by atoms with E-state index in [0.29, 0.717) is 5.56 Å². The molecule has 0 radical (unpaired) electrons. The van der Waals surface area contributed by atoms with Gasteiger partial charge >= 0.3 is 11.7 Å². The second-order valence-corrected chi connectivity index (χ2v) is 3.68. The van der Waals surface area contributed by atoms with Gasteiger partial charge in [-0.3, -0.25) is 14.2 Å². The summed E-state index contributed by atoms with van der Waals surface area (Å²) in [6, 6.07) is 0. The molecule has 0 aliphatic rings. The third-order valence-corrected chi connectivity index (χ3v) is 2.27. The number of nitrogens with zero attached hydrogens (tertiary/aromatic N) is 2. The third kappa shape index (κ3) is 3.07. The lowest BCUT2D eigenvalue weighted by molar-refractivity contribution is -0.144. The highest BCUT2D eigenvalue weighted by molar-refractivity contribution is 5.69. The van der Waals surface area contributed by atoms with Crippen molar-refractivity contribution in [3.8, 4) is 0 Å². The molecule has 7 nitrogen and oxygen atoms in total. The highest BCUT2D eigenvalue weighted by atomic mass is 16.5. The standard InChI is InChI=1S/C11H16N2O5/c1-4-18-9(14)6-13-10(15)8(2)5-12(7-17-3)11(13)16/h5H,4,6-7H2,1-3H3. The minimum Gasteiger partial charge on any atom is -0.465 e. The molecule has 0 unspecified atom stereocenters. The van der Waals surface area contributed by atoms with E-state index in [9.17, 15) is 14.4 Å². The largest absolute Gasteiger partial charge is 0.465 e. The van der Waals surface area contributed by atoms with Crippen LogP contribution in [0.15, 0.2) is 15.8 Å². The van der Waals surface area contributed by atoms with Gasteiger partial charge in [-0.1, -0.05) is 0 Å². The van der Waals surface area contributed by atoms with Gasteiger partial charge in [0.1, 0.15) is 13.3 Å². The van der Waals surface area contributed by atoms with Crippen LogP contribution in [0.3, 0.4) is 0 Å². The molecule has 0 aromatic carbocycles. The molecule has 18 heavy (non-hydrogen) atoms. The lowest BCUT2D eigenvalue weighted by Gasteiger charge is -2.10. The molecule has 0 atom stereocenters. The average Bonchev–Trinajstić information content (AvgIpc) is 2.32. The van der Waals surface area contributed by atoms with Gasteiger partial charge in [-0.05, 0) is 13.8 Å². The predicted octanol–water partition coefficient (Wildman–Crippen LogP) is -0.515. The topological polar surface area (TPSA) is 79.5 Å². The van der Waals surface area contributed by atoms with E-state index in [1.54, 1.807) is 13.8 Å². The molecule has 0 amide bonds. The van der Waals surface area contributed by atoms with Gasteiger partial charge in [-0.15, -0.1) is 0 Å². The normalized spacial score (nSPS) is 10.4. The number of aromatic nitrogens is 2. The van der Waals surface area contributed by atoms with Gasteiger partial charge in [-0.2, -0.15) is 0 Å². The lowest BCUT2D eigenvalue weighted by atomic mass is 10.4. The molecule has 0 aliphatic carbocycles. The van der Waals surface area contributed by atoms with Gasteiger partial charge < -0.3 is 9.47 Å². The molecule has 0 saturated carbocycles. The molecular weight excluding hydrogens is 240 g/mol. The average molecular weight is 256 g/mol. The van der Waals surface area contributed by atoms with E-state index in [2.05, 4.69) is 0 Å². The summed E-state index contributed by atoms with van der Waals surface area (Å²) in [5, 5.41) is 0. The van der Waals surface area contributed by atoms with Crippen molar-refractivity contribution in [2.24, 2.45) is 0 Å². The smallest absolute Gasteiger partial charge is 0.333 e. The first-order chi connectivity index (χ1) is 8.51. The summed E-state index contributed by atoms with van der Waals surface area (Å²) in [5.41, 5.74) is -0.739. The second kappa shape index (κ2) is 6.15. The number of carbonyl (C=O) groups excluding carboxylic acids is 1. The SMILES string of the molecule is CCOC(=O)Cn1c(=O)c(C)cn(COC)c1=O. The monoisotopic (exact) mass is 256 g/mol. The maximum Gasteiger partial charge on any atom is 0.333 e. The molecule has 100 valence electrons. The second-order valence-electron chi connectivity index (χ2n) is 3.68.